The van der Waals surface area contributed by atoms with Crippen LogP contribution in [0.3, 0.4) is 0 Å². The quantitative estimate of drug-likeness (QED) is 0.346. The lowest BCUT2D eigenvalue weighted by molar-refractivity contribution is 0.404. The Morgan fingerprint density at radius 2 is 0.953 bits per heavy atom. The average molecular weight is 623 g/mol. The van der Waals surface area contributed by atoms with E-state index in [4.69, 9.17) is 0 Å². The van der Waals surface area contributed by atoms with Crippen molar-refractivity contribution in [3.05, 3.63) is 79.4 Å². The zero-order valence-electron chi connectivity index (χ0n) is 24.3. The molecule has 0 radical (unpaired) electrons. The molecule has 226 valence electrons. The van der Waals surface area contributed by atoms with Crippen LogP contribution in [0.5, 0.6) is 0 Å². The Morgan fingerprint density at radius 1 is 0.535 bits per heavy atom. The minimum Gasteiger partial charge on any atom is -0.308 e. The third-order valence-corrected chi connectivity index (χ3v) is 13.0. The summed E-state index contributed by atoms with van der Waals surface area (Å²) in [7, 11) is -7.83. The summed E-state index contributed by atoms with van der Waals surface area (Å²) in [6, 6.07) is 9.82. The molecule has 0 N–H and O–H groups in total. The maximum atomic E-state index is 14.0. The maximum Gasteiger partial charge on any atom is 0.251 e. The van der Waals surface area contributed by atoms with Crippen molar-refractivity contribution in [1.29, 1.82) is 0 Å². The number of hydrogen-bond acceptors (Lipinski definition) is 6. The van der Waals surface area contributed by atoms with E-state index in [0.717, 1.165) is 56.9 Å². The molecule has 3 aliphatic rings. The summed E-state index contributed by atoms with van der Waals surface area (Å²) >= 11 is 0. The summed E-state index contributed by atoms with van der Waals surface area (Å²) in [6.07, 6.45) is 3.27. The van der Waals surface area contributed by atoms with Gasteiger partial charge in [-0.1, -0.05) is 0 Å². The van der Waals surface area contributed by atoms with Gasteiger partial charge in [-0.25, -0.2) is 16.8 Å². The van der Waals surface area contributed by atoms with Crippen LogP contribution in [0.2, 0.25) is 0 Å². The van der Waals surface area contributed by atoms with Crippen LogP contribution in [0.15, 0.2) is 55.8 Å². The highest BCUT2D eigenvalue weighted by molar-refractivity contribution is 7.89. The van der Waals surface area contributed by atoms with Gasteiger partial charge in [0.15, 0.2) is 0 Å². The van der Waals surface area contributed by atoms with Gasteiger partial charge in [0.1, 0.15) is 0 Å². The number of nitrogens with zero attached hydrogens (tertiary/aromatic N) is 4. The van der Waals surface area contributed by atoms with Crippen LogP contribution in [0, 0.1) is 13.8 Å². The van der Waals surface area contributed by atoms with E-state index in [1.54, 1.807) is 45.5 Å². The molecule has 2 aromatic carbocycles. The zero-order valence-corrected chi connectivity index (χ0v) is 25.9. The van der Waals surface area contributed by atoms with Crippen LogP contribution >= 0.6 is 0 Å². The van der Waals surface area contributed by atoms with Gasteiger partial charge in [0.2, 0.25) is 20.0 Å². The van der Waals surface area contributed by atoms with Gasteiger partial charge in [-0.05, 0) is 92.5 Å². The predicted octanol–water partition coefficient (Wildman–Crippen LogP) is 2.91. The molecule has 1 fully saturated rings. The van der Waals surface area contributed by atoms with Gasteiger partial charge >= 0.3 is 0 Å². The third-order valence-electron chi connectivity index (χ3n) is 9.27. The molecule has 10 nitrogen and oxygen atoms in total. The molecule has 1 saturated heterocycles. The highest BCUT2D eigenvalue weighted by Gasteiger charge is 2.33. The van der Waals surface area contributed by atoms with Crippen LogP contribution in [0.1, 0.15) is 41.5 Å². The maximum absolute atomic E-state index is 14.0. The normalized spacial score (nSPS) is 18.3. The molecule has 0 saturated carbocycles. The Bertz CT molecular complexity index is 2030. The molecule has 0 bridgehead atoms. The molecule has 7 rings (SSSR count). The SMILES string of the molecule is Cc1cc(=O)n2c3c(cc(S(=O)(=O)N4CCCN(S(=O)(=O)c5cc6c7c(c5)c(C)cc(=O)n7CCC6)CC4)cc13)CCC2. The van der Waals surface area contributed by atoms with Crippen molar-refractivity contribution in [2.75, 3.05) is 26.2 Å². The minimum absolute atomic E-state index is 0.0341. The van der Waals surface area contributed by atoms with Crippen LogP contribution in [-0.4, -0.2) is 60.8 Å². The highest BCUT2D eigenvalue weighted by Crippen LogP contribution is 2.33. The van der Waals surface area contributed by atoms with Gasteiger partial charge in [-0.2, -0.15) is 8.61 Å². The molecule has 0 unspecified atom stereocenters. The number of aryl methyl sites for hydroxylation is 6. The largest absolute Gasteiger partial charge is 0.308 e. The summed E-state index contributed by atoms with van der Waals surface area (Å²) in [5.41, 5.74) is 4.66. The summed E-state index contributed by atoms with van der Waals surface area (Å²) in [4.78, 5) is 25.5. The first-order valence-corrected chi connectivity index (χ1v) is 17.7. The minimum atomic E-state index is -3.91. The molecule has 3 aliphatic heterocycles. The molecule has 2 aromatic heterocycles. The smallest absolute Gasteiger partial charge is 0.251 e. The van der Waals surface area contributed by atoms with Gasteiger partial charge in [-0.15, -0.1) is 0 Å². The molecule has 5 heterocycles. The number of aromatic nitrogens is 2. The number of hydrogen-bond donors (Lipinski definition) is 0. The Balaban J connectivity index is 1.21. The van der Waals surface area contributed by atoms with Gasteiger partial charge < -0.3 is 9.13 Å². The standard InChI is InChI=1S/C31H34N4O6S2/c1-20-14-28(36)34-10-3-6-22-16-24(18-26(20)30(22)34)42(38,39)32-8-5-9-33(13-12-32)43(40,41)25-17-23-7-4-11-35-29(37)15-21(2)27(19-25)31(23)35/h14-19H,3-13H2,1-2H3. The third kappa shape index (κ3) is 4.49. The lowest BCUT2D eigenvalue weighted by Crippen LogP contribution is -2.37. The molecule has 43 heavy (non-hydrogen) atoms. The van der Waals surface area contributed by atoms with Crippen molar-refractivity contribution in [3.8, 4) is 0 Å². The Labute approximate surface area is 250 Å². The van der Waals surface area contributed by atoms with E-state index in [0.29, 0.717) is 32.4 Å². The molecule has 4 aromatic rings. The van der Waals surface area contributed by atoms with Crippen molar-refractivity contribution < 1.29 is 16.8 Å². The van der Waals surface area contributed by atoms with E-state index in [-0.39, 0.29) is 47.1 Å². The molecular formula is C31H34N4O6S2. The van der Waals surface area contributed by atoms with Crippen molar-refractivity contribution in [2.45, 2.75) is 68.8 Å². The molecule has 0 amide bonds. The number of rotatable bonds is 4. The van der Waals surface area contributed by atoms with E-state index >= 15 is 0 Å². The predicted molar refractivity (Wildman–Crippen MR) is 165 cm³/mol. The molecular weight excluding hydrogens is 588 g/mol. The lowest BCUT2D eigenvalue weighted by atomic mass is 9.99. The van der Waals surface area contributed by atoms with Crippen LogP contribution in [0.4, 0.5) is 0 Å². The van der Waals surface area contributed by atoms with Crippen molar-refractivity contribution in [2.24, 2.45) is 0 Å². The Hall–Kier alpha value is -3.32. The number of sulfonamides is 2. The van der Waals surface area contributed by atoms with E-state index in [9.17, 15) is 26.4 Å². The summed E-state index contributed by atoms with van der Waals surface area (Å²) in [6.45, 7) is 5.35. The van der Waals surface area contributed by atoms with Gasteiger partial charge in [0, 0.05) is 62.2 Å². The van der Waals surface area contributed by atoms with E-state index < -0.39 is 20.0 Å². The van der Waals surface area contributed by atoms with E-state index in [2.05, 4.69) is 0 Å². The Morgan fingerprint density at radius 3 is 1.37 bits per heavy atom. The lowest BCUT2D eigenvalue weighted by Gasteiger charge is -2.25. The monoisotopic (exact) mass is 622 g/mol. The van der Waals surface area contributed by atoms with Crippen molar-refractivity contribution in [1.82, 2.24) is 17.7 Å². The molecule has 0 atom stereocenters. The van der Waals surface area contributed by atoms with Gasteiger partial charge in [0.25, 0.3) is 11.1 Å². The summed E-state index contributed by atoms with van der Waals surface area (Å²) < 4.78 is 62.0. The van der Waals surface area contributed by atoms with Gasteiger partial charge in [-0.3, -0.25) is 9.59 Å². The van der Waals surface area contributed by atoms with Crippen LogP contribution < -0.4 is 11.1 Å². The topological polar surface area (TPSA) is 119 Å². The molecule has 0 spiro atoms. The first-order valence-electron chi connectivity index (χ1n) is 14.8. The second kappa shape index (κ2) is 10.1. The second-order valence-electron chi connectivity index (χ2n) is 12.0. The Kier molecular flexibility index (Phi) is 6.69. The second-order valence-corrected chi connectivity index (χ2v) is 15.8. The molecule has 12 heteroatoms. The highest BCUT2D eigenvalue weighted by atomic mass is 32.2. The van der Waals surface area contributed by atoms with E-state index in [1.165, 1.54) is 8.61 Å². The fourth-order valence-corrected chi connectivity index (χ4v) is 10.2. The first-order chi connectivity index (χ1) is 20.5. The van der Waals surface area contributed by atoms with Crippen LogP contribution in [0.25, 0.3) is 21.8 Å². The fraction of sp³-hybridized carbons (Fsp3) is 0.419. The fourth-order valence-electron chi connectivity index (χ4n) is 7.10. The average Bonchev–Trinajstić information content (AvgIpc) is 3.26. The number of benzene rings is 2. The van der Waals surface area contributed by atoms with Crippen LogP contribution in [-0.2, 0) is 46.0 Å². The summed E-state index contributed by atoms with van der Waals surface area (Å²) in [5.74, 6) is 0. The van der Waals surface area contributed by atoms with E-state index in [1.807, 2.05) is 13.8 Å². The number of pyridine rings is 2. The first kappa shape index (κ1) is 28.5. The summed E-state index contributed by atoms with van der Waals surface area (Å²) in [5, 5.41) is 1.52. The van der Waals surface area contributed by atoms with Crippen molar-refractivity contribution in [3.63, 3.8) is 0 Å². The molecule has 0 aliphatic carbocycles. The van der Waals surface area contributed by atoms with Gasteiger partial charge in [0.05, 0.1) is 20.8 Å². The van der Waals surface area contributed by atoms with Crippen molar-refractivity contribution >= 4 is 41.9 Å². The zero-order chi connectivity index (χ0) is 30.3.